The molecule has 0 N–H and O–H groups in total. The zero-order valence-electron chi connectivity index (χ0n) is 16.7. The van der Waals surface area contributed by atoms with Gasteiger partial charge in [-0.2, -0.15) is 0 Å². The predicted octanol–water partition coefficient (Wildman–Crippen LogP) is 5.88. The molecule has 154 valence electrons. The van der Waals surface area contributed by atoms with Crippen molar-refractivity contribution in [3.63, 3.8) is 0 Å². The van der Waals surface area contributed by atoms with Gasteiger partial charge in [0.2, 0.25) is 0 Å². The molecule has 1 aliphatic rings. The Balaban J connectivity index is 1.68. The Hall–Kier alpha value is -2.09. The minimum absolute atomic E-state index is 0.00276. The summed E-state index contributed by atoms with van der Waals surface area (Å²) in [6, 6.07) is 7.35. The third kappa shape index (κ3) is 3.39. The summed E-state index contributed by atoms with van der Waals surface area (Å²) in [6.07, 6.45) is 4.30. The van der Waals surface area contributed by atoms with E-state index in [1.54, 1.807) is 28.0 Å². The number of halogens is 1. The van der Waals surface area contributed by atoms with Crippen molar-refractivity contribution in [2.75, 3.05) is 0 Å². The zero-order chi connectivity index (χ0) is 20.8. The van der Waals surface area contributed by atoms with Gasteiger partial charge in [-0.15, -0.1) is 11.3 Å². The Bertz CT molecular complexity index is 1290. The van der Waals surface area contributed by atoms with Gasteiger partial charge in [-0.3, -0.25) is 9.36 Å². The van der Waals surface area contributed by atoms with Gasteiger partial charge in [0, 0.05) is 21.2 Å². The number of aryl methyl sites for hydroxylation is 4. The summed E-state index contributed by atoms with van der Waals surface area (Å²) < 4.78 is 7.02. The van der Waals surface area contributed by atoms with Gasteiger partial charge in [-0.1, -0.05) is 28.5 Å². The van der Waals surface area contributed by atoms with Crippen molar-refractivity contribution < 1.29 is 4.52 Å². The molecule has 0 bridgehead atoms. The van der Waals surface area contributed by atoms with Crippen LogP contribution in [-0.2, 0) is 18.6 Å². The molecule has 4 aromatic rings. The van der Waals surface area contributed by atoms with E-state index < -0.39 is 0 Å². The molecular weight excluding hydrogens is 438 g/mol. The van der Waals surface area contributed by atoms with Crippen LogP contribution in [0.4, 0.5) is 0 Å². The molecule has 0 aliphatic heterocycles. The number of fused-ring (bicyclic) bond motifs is 3. The fraction of sp³-hybridized carbons (Fsp3) is 0.318. The predicted molar refractivity (Wildman–Crippen MR) is 122 cm³/mol. The Labute approximate surface area is 187 Å². The summed E-state index contributed by atoms with van der Waals surface area (Å²) in [4.78, 5) is 20.8. The van der Waals surface area contributed by atoms with Crippen LogP contribution in [0.1, 0.15) is 40.3 Å². The number of thiophene rings is 1. The second-order valence-corrected chi connectivity index (χ2v) is 9.96. The van der Waals surface area contributed by atoms with Crippen molar-refractivity contribution in [1.29, 1.82) is 0 Å². The van der Waals surface area contributed by atoms with Gasteiger partial charge in [-0.25, -0.2) is 4.98 Å². The van der Waals surface area contributed by atoms with Crippen LogP contribution in [0.3, 0.4) is 0 Å². The molecule has 0 unspecified atom stereocenters. The summed E-state index contributed by atoms with van der Waals surface area (Å²) in [5.74, 6) is 1.44. The number of hydrogen-bond acceptors (Lipinski definition) is 6. The first kappa shape index (κ1) is 19.8. The number of rotatable bonds is 4. The largest absolute Gasteiger partial charge is 0.361 e. The summed E-state index contributed by atoms with van der Waals surface area (Å²) in [6.45, 7) is 3.84. The molecule has 0 radical (unpaired) electrons. The molecule has 30 heavy (non-hydrogen) atoms. The molecule has 0 atom stereocenters. The normalized spacial score (nSPS) is 13.7. The van der Waals surface area contributed by atoms with Gasteiger partial charge in [0.15, 0.2) is 5.16 Å². The van der Waals surface area contributed by atoms with Gasteiger partial charge in [0.05, 0.1) is 16.8 Å². The van der Waals surface area contributed by atoms with Crippen LogP contribution in [0.15, 0.2) is 38.7 Å². The van der Waals surface area contributed by atoms with Gasteiger partial charge in [0.25, 0.3) is 5.56 Å². The van der Waals surface area contributed by atoms with Crippen LogP contribution in [0.5, 0.6) is 0 Å². The van der Waals surface area contributed by atoms with Crippen LogP contribution in [0.25, 0.3) is 15.9 Å². The van der Waals surface area contributed by atoms with Gasteiger partial charge >= 0.3 is 0 Å². The summed E-state index contributed by atoms with van der Waals surface area (Å²) >= 11 is 9.30. The lowest BCUT2D eigenvalue weighted by Crippen LogP contribution is -2.22. The van der Waals surface area contributed by atoms with Crippen molar-refractivity contribution in [3.05, 3.63) is 67.1 Å². The minimum Gasteiger partial charge on any atom is -0.361 e. The smallest absolute Gasteiger partial charge is 0.267 e. The molecule has 5 rings (SSSR count). The molecule has 8 heteroatoms. The Morgan fingerprint density at radius 1 is 1.20 bits per heavy atom. The third-order valence-corrected chi connectivity index (χ3v) is 7.97. The SMILES string of the molecule is Cc1noc(C)c1CSc1nc2sc3c(c2c(=O)n1-c1ccc(Cl)cc1)CCCC3. The molecule has 5 nitrogen and oxygen atoms in total. The second-order valence-electron chi connectivity index (χ2n) is 7.49. The van der Waals surface area contributed by atoms with E-state index in [0.717, 1.165) is 52.2 Å². The maximum absolute atomic E-state index is 13.7. The van der Waals surface area contributed by atoms with E-state index in [1.807, 2.05) is 26.0 Å². The zero-order valence-corrected chi connectivity index (χ0v) is 19.1. The molecule has 3 heterocycles. The van der Waals surface area contributed by atoms with E-state index in [2.05, 4.69) is 5.16 Å². The summed E-state index contributed by atoms with van der Waals surface area (Å²) in [5.41, 5.74) is 3.89. The van der Waals surface area contributed by atoms with Crippen LogP contribution >= 0.6 is 34.7 Å². The molecule has 0 spiro atoms. The first-order valence-corrected chi connectivity index (χ1v) is 12.1. The van der Waals surface area contributed by atoms with Crippen LogP contribution in [0, 0.1) is 13.8 Å². The average Bonchev–Trinajstić information content (AvgIpc) is 3.27. The molecule has 0 fully saturated rings. The molecule has 0 amide bonds. The number of nitrogens with zero attached hydrogens (tertiary/aromatic N) is 3. The first-order chi connectivity index (χ1) is 14.5. The maximum atomic E-state index is 13.7. The molecule has 0 saturated heterocycles. The molecule has 1 aliphatic carbocycles. The topological polar surface area (TPSA) is 60.9 Å². The maximum Gasteiger partial charge on any atom is 0.267 e. The lowest BCUT2D eigenvalue weighted by molar-refractivity contribution is 0.392. The lowest BCUT2D eigenvalue weighted by atomic mass is 9.97. The van der Waals surface area contributed by atoms with Gasteiger partial charge in [-0.05, 0) is 69.4 Å². The van der Waals surface area contributed by atoms with Crippen molar-refractivity contribution in [1.82, 2.24) is 14.7 Å². The van der Waals surface area contributed by atoms with E-state index >= 15 is 0 Å². The number of aromatic nitrogens is 3. The van der Waals surface area contributed by atoms with E-state index in [9.17, 15) is 4.79 Å². The fourth-order valence-electron chi connectivity index (χ4n) is 3.95. The first-order valence-electron chi connectivity index (χ1n) is 9.90. The van der Waals surface area contributed by atoms with Crippen molar-refractivity contribution in [3.8, 4) is 5.69 Å². The Kier molecular flexibility index (Phi) is 5.21. The summed E-state index contributed by atoms with van der Waals surface area (Å²) in [7, 11) is 0. The molecule has 0 saturated carbocycles. The molecule has 1 aromatic carbocycles. The monoisotopic (exact) mass is 457 g/mol. The lowest BCUT2D eigenvalue weighted by Gasteiger charge is -2.13. The highest BCUT2D eigenvalue weighted by Crippen LogP contribution is 2.36. The van der Waals surface area contributed by atoms with Crippen molar-refractivity contribution in [2.45, 2.75) is 50.4 Å². The fourth-order valence-corrected chi connectivity index (χ4v) is 6.54. The van der Waals surface area contributed by atoms with E-state index in [-0.39, 0.29) is 5.56 Å². The van der Waals surface area contributed by atoms with Crippen LogP contribution in [0.2, 0.25) is 5.02 Å². The Morgan fingerprint density at radius 2 is 1.97 bits per heavy atom. The highest BCUT2D eigenvalue weighted by atomic mass is 35.5. The van der Waals surface area contributed by atoms with E-state index in [0.29, 0.717) is 15.9 Å². The van der Waals surface area contributed by atoms with Crippen LogP contribution < -0.4 is 5.56 Å². The average molecular weight is 458 g/mol. The van der Waals surface area contributed by atoms with E-state index in [4.69, 9.17) is 21.1 Å². The molecule has 3 aromatic heterocycles. The number of thioether (sulfide) groups is 1. The van der Waals surface area contributed by atoms with Crippen molar-refractivity contribution >= 4 is 44.9 Å². The molecular formula is C22H20ClN3O2S2. The van der Waals surface area contributed by atoms with Crippen LogP contribution in [-0.4, -0.2) is 14.7 Å². The second kappa shape index (κ2) is 7.87. The van der Waals surface area contributed by atoms with Gasteiger partial charge < -0.3 is 4.52 Å². The minimum atomic E-state index is 0.00276. The summed E-state index contributed by atoms with van der Waals surface area (Å²) in [5, 5.41) is 6.14. The van der Waals surface area contributed by atoms with Crippen molar-refractivity contribution in [2.24, 2.45) is 0 Å². The standard InChI is InChI=1S/C22H20ClN3O2S2/c1-12-17(13(2)28-25-12)11-29-22-24-20-19(16-5-3-4-6-18(16)30-20)21(27)26(22)15-9-7-14(23)8-10-15/h7-10H,3-6,11H2,1-2H3. The number of benzene rings is 1. The Morgan fingerprint density at radius 3 is 2.70 bits per heavy atom. The highest BCUT2D eigenvalue weighted by Gasteiger charge is 2.23. The van der Waals surface area contributed by atoms with Gasteiger partial charge in [0.1, 0.15) is 10.6 Å². The number of hydrogen-bond donors (Lipinski definition) is 0. The highest BCUT2D eigenvalue weighted by molar-refractivity contribution is 7.98. The quantitative estimate of drug-likeness (QED) is 0.283. The van der Waals surface area contributed by atoms with E-state index in [1.165, 1.54) is 28.6 Å². The third-order valence-electron chi connectivity index (χ3n) is 5.57.